The van der Waals surface area contributed by atoms with Gasteiger partial charge in [-0.1, -0.05) is 11.6 Å². The smallest absolute Gasteiger partial charge is 0.336 e. The lowest BCUT2D eigenvalue weighted by Gasteiger charge is -2.17. The summed E-state index contributed by atoms with van der Waals surface area (Å²) in [5.41, 5.74) is 3.07. The largest absolute Gasteiger partial charge is 0.478 e. The minimum atomic E-state index is -0.964. The van der Waals surface area contributed by atoms with E-state index in [1.54, 1.807) is 6.20 Å². The fraction of sp³-hybridized carbons (Fsp3) is 0.143. The van der Waals surface area contributed by atoms with Gasteiger partial charge in [-0.05, 0) is 0 Å². The summed E-state index contributed by atoms with van der Waals surface area (Å²) in [5, 5.41) is 10.7. The van der Waals surface area contributed by atoms with Crippen LogP contribution in [0.15, 0.2) is 27.6 Å². The van der Waals surface area contributed by atoms with Gasteiger partial charge in [0.2, 0.25) is 0 Å². The van der Waals surface area contributed by atoms with Gasteiger partial charge in [0.05, 0.1) is 17.2 Å². The first kappa shape index (κ1) is 8.28. The number of rotatable bonds is 1. The molecule has 0 fully saturated rings. The third kappa shape index (κ3) is 1.32. The van der Waals surface area contributed by atoms with Crippen LogP contribution in [-0.4, -0.2) is 28.8 Å². The van der Waals surface area contributed by atoms with E-state index < -0.39 is 5.97 Å². The van der Waals surface area contributed by atoms with Crippen LogP contribution < -0.4 is 5.43 Å². The zero-order valence-corrected chi connectivity index (χ0v) is 7.25. The van der Waals surface area contributed by atoms with Gasteiger partial charge in [0.1, 0.15) is 0 Å². The van der Waals surface area contributed by atoms with Crippen LogP contribution in [0.1, 0.15) is 0 Å². The number of aliphatic carboxylic acids is 1. The Balaban J connectivity index is 2.39. The third-order valence-corrected chi connectivity index (χ3v) is 1.94. The minimum absolute atomic E-state index is 0.247. The second-order valence-corrected chi connectivity index (χ2v) is 3.02. The van der Waals surface area contributed by atoms with Gasteiger partial charge in [0, 0.05) is 12.4 Å². The van der Waals surface area contributed by atoms with Crippen molar-refractivity contribution in [2.45, 2.75) is 0 Å². The highest BCUT2D eigenvalue weighted by Crippen LogP contribution is 2.21. The van der Waals surface area contributed by atoms with E-state index >= 15 is 0 Å². The third-order valence-electron chi connectivity index (χ3n) is 1.75. The topological polar surface area (TPSA) is 64.9 Å². The highest BCUT2D eigenvalue weighted by Gasteiger charge is 2.26. The first-order chi connectivity index (χ1) is 6.18. The fourth-order valence-electron chi connectivity index (χ4n) is 1.16. The van der Waals surface area contributed by atoms with E-state index in [2.05, 4.69) is 10.4 Å². The monoisotopic (exact) mass is 199 g/mol. The fourth-order valence-corrected chi connectivity index (χ4v) is 1.31. The number of hydrogen-bond acceptors (Lipinski definition) is 4. The average molecular weight is 200 g/mol. The maximum absolute atomic E-state index is 10.7. The highest BCUT2D eigenvalue weighted by atomic mass is 35.5. The molecule has 2 heterocycles. The lowest BCUT2D eigenvalue weighted by atomic mass is 10.3. The minimum Gasteiger partial charge on any atom is -0.478 e. The van der Waals surface area contributed by atoms with E-state index in [1.807, 2.05) is 0 Å². The molecule has 68 valence electrons. The Morgan fingerprint density at radius 1 is 1.77 bits per heavy atom. The van der Waals surface area contributed by atoms with Gasteiger partial charge in [-0.3, -0.25) is 5.01 Å². The molecule has 0 atom stereocenters. The second kappa shape index (κ2) is 2.86. The van der Waals surface area contributed by atoms with Gasteiger partial charge >= 0.3 is 5.97 Å². The lowest BCUT2D eigenvalue weighted by molar-refractivity contribution is -0.132. The SMILES string of the molecule is O=C(O)C1=C2N=CC(Cl)=CN2NC1. The van der Waals surface area contributed by atoms with Crippen LogP contribution in [-0.2, 0) is 4.79 Å². The molecule has 0 aromatic heterocycles. The Bertz CT molecular complexity index is 359. The normalized spacial score (nSPS) is 20.4. The van der Waals surface area contributed by atoms with Crippen molar-refractivity contribution in [2.24, 2.45) is 4.99 Å². The molecule has 0 spiro atoms. The van der Waals surface area contributed by atoms with E-state index in [9.17, 15) is 4.79 Å². The van der Waals surface area contributed by atoms with Crippen molar-refractivity contribution in [1.29, 1.82) is 0 Å². The number of aliphatic imine (C=N–C) groups is 1. The molecular formula is C7H6ClN3O2. The summed E-state index contributed by atoms with van der Waals surface area (Å²) in [6, 6.07) is 0. The van der Waals surface area contributed by atoms with E-state index in [-0.39, 0.29) is 12.1 Å². The van der Waals surface area contributed by atoms with Crippen LogP contribution in [0, 0.1) is 0 Å². The molecular weight excluding hydrogens is 194 g/mol. The van der Waals surface area contributed by atoms with Crippen molar-refractivity contribution in [3.8, 4) is 0 Å². The van der Waals surface area contributed by atoms with Crippen molar-refractivity contribution < 1.29 is 9.90 Å². The van der Waals surface area contributed by atoms with Crippen LogP contribution in [0.5, 0.6) is 0 Å². The van der Waals surface area contributed by atoms with Gasteiger partial charge in [0.15, 0.2) is 5.82 Å². The predicted molar refractivity (Wildman–Crippen MR) is 46.9 cm³/mol. The van der Waals surface area contributed by atoms with Crippen LogP contribution in [0.25, 0.3) is 0 Å². The van der Waals surface area contributed by atoms with E-state index in [0.29, 0.717) is 10.9 Å². The number of hydrogen-bond donors (Lipinski definition) is 2. The number of nitrogens with zero attached hydrogens (tertiary/aromatic N) is 2. The zero-order chi connectivity index (χ0) is 9.42. The molecule has 0 aliphatic carbocycles. The van der Waals surface area contributed by atoms with Crippen molar-refractivity contribution in [3.63, 3.8) is 0 Å². The number of carbonyl (C=O) groups is 1. The quantitative estimate of drug-likeness (QED) is 0.636. The summed E-state index contributed by atoms with van der Waals surface area (Å²) in [6.07, 6.45) is 3.00. The molecule has 2 rings (SSSR count). The average Bonchev–Trinajstić information content (AvgIpc) is 2.46. The van der Waals surface area contributed by atoms with Crippen molar-refractivity contribution in [1.82, 2.24) is 10.4 Å². The molecule has 2 aliphatic rings. The standard InChI is InChI=1S/C7H6ClN3O2/c8-4-1-9-6-5(7(12)13)2-10-11(6)3-4/h1,3,10H,2H2,(H,12,13). The van der Waals surface area contributed by atoms with Gasteiger partial charge in [-0.2, -0.15) is 0 Å². The van der Waals surface area contributed by atoms with E-state index in [0.717, 1.165) is 0 Å². The summed E-state index contributed by atoms with van der Waals surface area (Å²) in [7, 11) is 0. The number of carboxylic acids is 1. The highest BCUT2D eigenvalue weighted by molar-refractivity contribution is 6.39. The number of halogens is 1. The van der Waals surface area contributed by atoms with Crippen LogP contribution in [0.3, 0.4) is 0 Å². The summed E-state index contributed by atoms with van der Waals surface area (Å²) in [5.74, 6) is -0.564. The number of allylic oxidation sites excluding steroid dienone is 1. The predicted octanol–water partition coefficient (Wildman–Crippen LogP) is 0.267. The van der Waals surface area contributed by atoms with Gasteiger partial charge in [0.25, 0.3) is 0 Å². The molecule has 5 nitrogen and oxygen atoms in total. The molecule has 2 N–H and O–H groups in total. The Hall–Kier alpha value is -1.33. The van der Waals surface area contributed by atoms with Gasteiger partial charge in [-0.15, -0.1) is 0 Å². The van der Waals surface area contributed by atoms with Crippen molar-refractivity contribution in [2.75, 3.05) is 6.54 Å². The Kier molecular flexibility index (Phi) is 1.82. The molecule has 0 radical (unpaired) electrons. The van der Waals surface area contributed by atoms with Crippen molar-refractivity contribution in [3.05, 3.63) is 22.6 Å². The van der Waals surface area contributed by atoms with Crippen molar-refractivity contribution >= 4 is 23.8 Å². The first-order valence-corrected chi connectivity index (χ1v) is 3.97. The Morgan fingerprint density at radius 2 is 2.54 bits per heavy atom. The maximum Gasteiger partial charge on any atom is 0.336 e. The lowest BCUT2D eigenvalue weighted by Crippen LogP contribution is -2.27. The molecule has 2 aliphatic heterocycles. The molecule has 6 heteroatoms. The molecule has 0 aromatic carbocycles. The molecule has 13 heavy (non-hydrogen) atoms. The number of fused-ring (bicyclic) bond motifs is 1. The second-order valence-electron chi connectivity index (χ2n) is 2.58. The summed E-state index contributed by atoms with van der Waals surface area (Å²) in [4.78, 5) is 14.6. The molecule has 0 aromatic rings. The van der Waals surface area contributed by atoms with E-state index in [1.165, 1.54) is 11.2 Å². The van der Waals surface area contributed by atoms with Gasteiger partial charge < -0.3 is 5.11 Å². The summed E-state index contributed by atoms with van der Waals surface area (Å²) in [6.45, 7) is 0.267. The zero-order valence-electron chi connectivity index (χ0n) is 6.49. The van der Waals surface area contributed by atoms with Crippen LogP contribution in [0.4, 0.5) is 0 Å². The summed E-state index contributed by atoms with van der Waals surface area (Å²) >= 11 is 5.67. The molecule has 0 saturated carbocycles. The summed E-state index contributed by atoms with van der Waals surface area (Å²) < 4.78 is 0. The van der Waals surface area contributed by atoms with Crippen LogP contribution in [0.2, 0.25) is 0 Å². The Morgan fingerprint density at radius 3 is 3.23 bits per heavy atom. The first-order valence-electron chi connectivity index (χ1n) is 3.59. The molecule has 0 saturated heterocycles. The van der Waals surface area contributed by atoms with Gasteiger partial charge in [-0.25, -0.2) is 15.2 Å². The Labute approximate surface area is 79.0 Å². The number of carboxylic acid groups (broad SMARTS) is 1. The number of nitrogens with one attached hydrogen (secondary N) is 1. The molecule has 0 amide bonds. The molecule has 0 bridgehead atoms. The van der Waals surface area contributed by atoms with E-state index in [4.69, 9.17) is 16.7 Å². The maximum atomic E-state index is 10.7. The van der Waals surface area contributed by atoms with Crippen LogP contribution >= 0.6 is 11.6 Å². The number of hydrazine groups is 1. The molecule has 0 unspecified atom stereocenters.